The van der Waals surface area contributed by atoms with Crippen LogP contribution >= 0.6 is 11.3 Å². The molecule has 0 atom stereocenters. The molecule has 0 radical (unpaired) electrons. The van der Waals surface area contributed by atoms with Crippen LogP contribution in [0.1, 0.15) is 16.0 Å². The fraction of sp³-hybridized carbons (Fsp3) is 0.214. The summed E-state index contributed by atoms with van der Waals surface area (Å²) in [7, 11) is 2.04. The number of carbonyl (C=O) groups is 1. The highest BCUT2D eigenvalue weighted by molar-refractivity contribution is 7.10. The van der Waals surface area contributed by atoms with Gasteiger partial charge in [-0.05, 0) is 36.2 Å². The second-order valence-electron chi connectivity index (χ2n) is 4.32. The van der Waals surface area contributed by atoms with Gasteiger partial charge in [0.15, 0.2) is 0 Å². The van der Waals surface area contributed by atoms with Gasteiger partial charge in [0.1, 0.15) is 0 Å². The number of nitrogens with zero attached hydrogens (tertiary/aromatic N) is 1. The normalized spacial score (nSPS) is 11.5. The molecule has 2 heterocycles. The summed E-state index contributed by atoms with van der Waals surface area (Å²) in [6.45, 7) is 1.66. The first-order valence-corrected chi connectivity index (χ1v) is 6.69. The van der Waals surface area contributed by atoms with Crippen LogP contribution in [0.3, 0.4) is 0 Å². The molecular formula is C14H15NO3S. The van der Waals surface area contributed by atoms with Crippen molar-refractivity contribution in [1.82, 2.24) is 4.90 Å². The van der Waals surface area contributed by atoms with E-state index in [1.165, 1.54) is 4.88 Å². The Balaban J connectivity index is 1.90. The van der Waals surface area contributed by atoms with E-state index in [0.717, 1.165) is 30.3 Å². The number of furan rings is 1. The van der Waals surface area contributed by atoms with Gasteiger partial charge < -0.3 is 9.52 Å². The Bertz CT molecular complexity index is 557. The van der Waals surface area contributed by atoms with Gasteiger partial charge in [-0.2, -0.15) is 0 Å². The standard InChI is InChI=1S/C14H15NO3S/c1-15(7-12-4-5-18-9-12)8-13-6-11(10-19-13)2-3-14(16)17/h2-6,9-10H,7-8H2,1H3,(H,16,17). The lowest BCUT2D eigenvalue weighted by atomic mass is 10.2. The van der Waals surface area contributed by atoms with Crippen LogP contribution in [-0.4, -0.2) is 23.0 Å². The molecule has 4 nitrogen and oxygen atoms in total. The van der Waals surface area contributed by atoms with Gasteiger partial charge in [-0.15, -0.1) is 11.3 Å². The molecule has 0 spiro atoms. The van der Waals surface area contributed by atoms with Gasteiger partial charge in [0.2, 0.25) is 0 Å². The van der Waals surface area contributed by atoms with Crippen LogP contribution < -0.4 is 0 Å². The van der Waals surface area contributed by atoms with Crippen molar-refractivity contribution in [2.45, 2.75) is 13.1 Å². The highest BCUT2D eigenvalue weighted by atomic mass is 32.1. The molecule has 0 aliphatic heterocycles. The van der Waals surface area contributed by atoms with E-state index in [9.17, 15) is 4.79 Å². The van der Waals surface area contributed by atoms with E-state index in [-0.39, 0.29) is 0 Å². The number of thiophene rings is 1. The zero-order valence-corrected chi connectivity index (χ0v) is 11.4. The van der Waals surface area contributed by atoms with Crippen molar-refractivity contribution in [1.29, 1.82) is 0 Å². The largest absolute Gasteiger partial charge is 0.478 e. The molecule has 0 amide bonds. The molecule has 5 heteroatoms. The minimum absolute atomic E-state index is 0.828. The van der Waals surface area contributed by atoms with Gasteiger partial charge in [-0.25, -0.2) is 4.79 Å². The molecule has 0 bridgehead atoms. The molecule has 0 unspecified atom stereocenters. The zero-order chi connectivity index (χ0) is 13.7. The number of hydrogen-bond acceptors (Lipinski definition) is 4. The SMILES string of the molecule is CN(Cc1ccoc1)Cc1cc(C=CC(=O)O)cs1. The van der Waals surface area contributed by atoms with Crippen LogP contribution in [-0.2, 0) is 17.9 Å². The predicted octanol–water partition coefficient (Wildman–Crippen LogP) is 3.07. The number of hydrogen-bond donors (Lipinski definition) is 1. The van der Waals surface area contributed by atoms with E-state index in [4.69, 9.17) is 9.52 Å². The van der Waals surface area contributed by atoms with E-state index >= 15 is 0 Å². The molecule has 0 aliphatic rings. The maximum atomic E-state index is 10.4. The molecular weight excluding hydrogens is 262 g/mol. The maximum Gasteiger partial charge on any atom is 0.328 e. The fourth-order valence-electron chi connectivity index (χ4n) is 1.75. The van der Waals surface area contributed by atoms with E-state index in [2.05, 4.69) is 4.90 Å². The Labute approximate surface area is 115 Å². The quantitative estimate of drug-likeness (QED) is 0.824. The van der Waals surface area contributed by atoms with Crippen molar-refractivity contribution in [3.63, 3.8) is 0 Å². The van der Waals surface area contributed by atoms with E-state index < -0.39 is 5.97 Å². The van der Waals surface area contributed by atoms with Crippen molar-refractivity contribution < 1.29 is 14.3 Å². The lowest BCUT2D eigenvalue weighted by molar-refractivity contribution is -0.131. The Morgan fingerprint density at radius 3 is 3.05 bits per heavy atom. The van der Waals surface area contributed by atoms with Crippen LogP contribution in [0, 0.1) is 0 Å². The third-order valence-electron chi connectivity index (χ3n) is 2.55. The summed E-state index contributed by atoms with van der Waals surface area (Å²) < 4.78 is 5.04. The molecule has 0 aliphatic carbocycles. The van der Waals surface area contributed by atoms with Crippen LogP contribution in [0.2, 0.25) is 0 Å². The topological polar surface area (TPSA) is 53.7 Å². The predicted molar refractivity (Wildman–Crippen MR) is 74.9 cm³/mol. The third kappa shape index (κ3) is 4.39. The van der Waals surface area contributed by atoms with Crippen LogP contribution in [0.15, 0.2) is 40.5 Å². The molecule has 100 valence electrons. The smallest absolute Gasteiger partial charge is 0.328 e. The number of carboxylic acids is 1. The molecule has 2 aromatic heterocycles. The number of rotatable bonds is 6. The van der Waals surface area contributed by atoms with E-state index in [0.29, 0.717) is 0 Å². The molecule has 0 fully saturated rings. The van der Waals surface area contributed by atoms with E-state index in [1.807, 2.05) is 24.6 Å². The minimum Gasteiger partial charge on any atom is -0.478 e. The molecule has 1 N–H and O–H groups in total. The van der Waals surface area contributed by atoms with Gasteiger partial charge >= 0.3 is 5.97 Å². The van der Waals surface area contributed by atoms with Gasteiger partial charge in [-0.1, -0.05) is 0 Å². The molecule has 0 aromatic carbocycles. The average molecular weight is 277 g/mol. The van der Waals surface area contributed by atoms with Crippen molar-refractivity contribution in [2.75, 3.05) is 7.05 Å². The summed E-state index contributed by atoms with van der Waals surface area (Å²) in [5.41, 5.74) is 2.07. The number of aliphatic carboxylic acids is 1. The summed E-state index contributed by atoms with van der Waals surface area (Å²) in [6, 6.07) is 3.96. The summed E-state index contributed by atoms with van der Waals surface area (Å²) in [5.74, 6) is -0.926. The monoisotopic (exact) mass is 277 g/mol. The zero-order valence-electron chi connectivity index (χ0n) is 10.6. The van der Waals surface area contributed by atoms with Gasteiger partial charge in [0, 0.05) is 29.6 Å². The molecule has 0 saturated carbocycles. The summed E-state index contributed by atoms with van der Waals surface area (Å²) in [6.07, 6.45) is 6.18. The lowest BCUT2D eigenvalue weighted by Crippen LogP contribution is -2.15. The molecule has 19 heavy (non-hydrogen) atoms. The third-order valence-corrected chi connectivity index (χ3v) is 3.49. The lowest BCUT2D eigenvalue weighted by Gasteiger charge is -2.13. The van der Waals surface area contributed by atoms with Gasteiger partial charge in [0.05, 0.1) is 12.5 Å². The van der Waals surface area contributed by atoms with Crippen LogP contribution in [0.5, 0.6) is 0 Å². The van der Waals surface area contributed by atoms with Gasteiger partial charge in [-0.3, -0.25) is 4.90 Å². The minimum atomic E-state index is -0.926. The first-order valence-electron chi connectivity index (χ1n) is 5.81. The Kier molecular flexibility index (Phi) is 4.54. The van der Waals surface area contributed by atoms with Crippen LogP contribution in [0.25, 0.3) is 6.08 Å². The first kappa shape index (κ1) is 13.6. The van der Waals surface area contributed by atoms with Crippen molar-refractivity contribution in [3.8, 4) is 0 Å². The van der Waals surface area contributed by atoms with E-state index in [1.54, 1.807) is 29.9 Å². The summed E-state index contributed by atoms with van der Waals surface area (Å²) >= 11 is 1.63. The molecule has 0 saturated heterocycles. The fourth-order valence-corrected chi connectivity index (χ4v) is 2.68. The average Bonchev–Trinajstić information content (AvgIpc) is 2.98. The Hall–Kier alpha value is -1.85. The Morgan fingerprint density at radius 2 is 2.37 bits per heavy atom. The highest BCUT2D eigenvalue weighted by Gasteiger charge is 2.05. The second kappa shape index (κ2) is 6.36. The highest BCUT2D eigenvalue weighted by Crippen LogP contribution is 2.18. The summed E-state index contributed by atoms with van der Waals surface area (Å²) in [5, 5.41) is 10.5. The second-order valence-corrected chi connectivity index (χ2v) is 5.32. The first-order chi connectivity index (χ1) is 9.13. The maximum absolute atomic E-state index is 10.4. The van der Waals surface area contributed by atoms with Crippen LogP contribution in [0.4, 0.5) is 0 Å². The van der Waals surface area contributed by atoms with Crippen molar-refractivity contribution in [3.05, 3.63) is 52.1 Å². The van der Waals surface area contributed by atoms with Crippen molar-refractivity contribution in [2.24, 2.45) is 0 Å². The van der Waals surface area contributed by atoms with Crippen molar-refractivity contribution >= 4 is 23.4 Å². The van der Waals surface area contributed by atoms with Gasteiger partial charge in [0.25, 0.3) is 0 Å². The molecule has 2 aromatic rings. The Morgan fingerprint density at radius 1 is 1.53 bits per heavy atom. The number of carboxylic acid groups (broad SMARTS) is 1. The summed E-state index contributed by atoms with van der Waals surface area (Å²) in [4.78, 5) is 13.8. The molecule has 2 rings (SSSR count).